The highest BCUT2D eigenvalue weighted by molar-refractivity contribution is 7.15. The van der Waals surface area contributed by atoms with Crippen molar-refractivity contribution in [1.82, 2.24) is 5.32 Å². The summed E-state index contributed by atoms with van der Waals surface area (Å²) >= 11 is 1.21. The maximum atomic E-state index is 10.4. The van der Waals surface area contributed by atoms with Crippen molar-refractivity contribution in [2.45, 2.75) is 25.9 Å². The molecule has 1 N–H and O–H groups in total. The van der Waals surface area contributed by atoms with Gasteiger partial charge in [-0.2, -0.15) is 0 Å². The first kappa shape index (κ1) is 11.9. The molecule has 0 saturated carbocycles. The minimum Gasteiger partial charge on any atom is -0.309 e. The molecule has 1 aromatic rings. The first-order chi connectivity index (χ1) is 7.13. The predicted molar refractivity (Wildman–Crippen MR) is 62.1 cm³/mol. The molecule has 1 rings (SSSR count). The minimum absolute atomic E-state index is 0.197. The molecular formula is C10H14N2O2S. The van der Waals surface area contributed by atoms with Gasteiger partial charge in [0.2, 0.25) is 0 Å². The molecule has 0 spiro atoms. The second-order valence-electron chi connectivity index (χ2n) is 3.30. The highest BCUT2D eigenvalue weighted by atomic mass is 32.1. The fraction of sp³-hybridized carbons (Fsp3) is 0.400. The van der Waals surface area contributed by atoms with E-state index in [2.05, 4.69) is 18.8 Å². The van der Waals surface area contributed by atoms with Gasteiger partial charge in [-0.3, -0.25) is 10.1 Å². The number of nitro groups is 1. The largest absolute Gasteiger partial charge is 0.324 e. The Balaban J connectivity index is 2.44. The van der Waals surface area contributed by atoms with Crippen LogP contribution in [0.15, 0.2) is 24.8 Å². The SMILES string of the molecule is C=CCC(C)NCc1ccc([N+](=O)[O-])s1. The van der Waals surface area contributed by atoms with Crippen LogP contribution in [0.1, 0.15) is 18.2 Å². The summed E-state index contributed by atoms with van der Waals surface area (Å²) in [6, 6.07) is 3.68. The highest BCUT2D eigenvalue weighted by Gasteiger charge is 2.09. The van der Waals surface area contributed by atoms with Gasteiger partial charge >= 0.3 is 5.00 Å². The van der Waals surface area contributed by atoms with E-state index in [9.17, 15) is 10.1 Å². The van der Waals surface area contributed by atoms with Crippen LogP contribution in [0.25, 0.3) is 0 Å². The second-order valence-corrected chi connectivity index (χ2v) is 4.45. The Bertz CT molecular complexity index is 349. The van der Waals surface area contributed by atoms with Gasteiger partial charge in [0.1, 0.15) is 0 Å². The topological polar surface area (TPSA) is 55.2 Å². The van der Waals surface area contributed by atoms with Crippen LogP contribution in [0.3, 0.4) is 0 Å². The van der Waals surface area contributed by atoms with E-state index in [1.54, 1.807) is 12.1 Å². The third-order valence-corrected chi connectivity index (χ3v) is 3.01. The third kappa shape index (κ3) is 3.81. The lowest BCUT2D eigenvalue weighted by Crippen LogP contribution is -2.24. The molecule has 82 valence electrons. The molecule has 0 bridgehead atoms. The van der Waals surface area contributed by atoms with Gasteiger partial charge < -0.3 is 5.32 Å². The van der Waals surface area contributed by atoms with Crippen LogP contribution >= 0.6 is 11.3 Å². The van der Waals surface area contributed by atoms with Crippen LogP contribution in [0, 0.1) is 10.1 Å². The van der Waals surface area contributed by atoms with Gasteiger partial charge in [-0.15, -0.1) is 6.58 Å². The van der Waals surface area contributed by atoms with Gasteiger partial charge in [0.15, 0.2) is 0 Å². The first-order valence-electron chi connectivity index (χ1n) is 4.71. The summed E-state index contributed by atoms with van der Waals surface area (Å²) in [5.41, 5.74) is 0. The van der Waals surface area contributed by atoms with E-state index < -0.39 is 0 Å². The Hall–Kier alpha value is -1.20. The van der Waals surface area contributed by atoms with Gasteiger partial charge in [0.25, 0.3) is 0 Å². The Morgan fingerprint density at radius 2 is 2.47 bits per heavy atom. The van der Waals surface area contributed by atoms with Crippen molar-refractivity contribution in [3.8, 4) is 0 Å². The molecule has 0 aliphatic rings. The number of thiophene rings is 1. The quantitative estimate of drug-likeness (QED) is 0.461. The lowest BCUT2D eigenvalue weighted by molar-refractivity contribution is -0.380. The highest BCUT2D eigenvalue weighted by Crippen LogP contribution is 2.23. The van der Waals surface area contributed by atoms with Crippen molar-refractivity contribution >= 4 is 16.3 Å². The van der Waals surface area contributed by atoms with Crippen molar-refractivity contribution in [1.29, 1.82) is 0 Å². The average Bonchev–Trinajstić information content (AvgIpc) is 2.63. The van der Waals surface area contributed by atoms with Crippen LogP contribution in [0.5, 0.6) is 0 Å². The first-order valence-corrected chi connectivity index (χ1v) is 5.52. The van der Waals surface area contributed by atoms with Crippen molar-refractivity contribution in [2.24, 2.45) is 0 Å². The summed E-state index contributed by atoms with van der Waals surface area (Å²) < 4.78 is 0. The van der Waals surface area contributed by atoms with Crippen LogP contribution < -0.4 is 5.32 Å². The van der Waals surface area contributed by atoms with Crippen LogP contribution in [0.4, 0.5) is 5.00 Å². The van der Waals surface area contributed by atoms with E-state index >= 15 is 0 Å². The van der Waals surface area contributed by atoms with Crippen molar-refractivity contribution in [3.05, 3.63) is 39.8 Å². The fourth-order valence-corrected chi connectivity index (χ4v) is 1.94. The van der Waals surface area contributed by atoms with Crippen LogP contribution in [-0.2, 0) is 6.54 Å². The smallest absolute Gasteiger partial charge is 0.309 e. The normalized spacial score (nSPS) is 12.3. The maximum absolute atomic E-state index is 10.4. The summed E-state index contributed by atoms with van der Waals surface area (Å²) in [5, 5.41) is 13.9. The molecule has 0 aliphatic heterocycles. The zero-order valence-electron chi connectivity index (χ0n) is 8.60. The number of hydrogen-bond acceptors (Lipinski definition) is 4. The number of nitrogens with one attached hydrogen (secondary N) is 1. The van der Waals surface area contributed by atoms with E-state index in [-0.39, 0.29) is 9.92 Å². The lowest BCUT2D eigenvalue weighted by Gasteiger charge is -2.09. The molecule has 0 amide bonds. The maximum Gasteiger partial charge on any atom is 0.324 e. The lowest BCUT2D eigenvalue weighted by atomic mass is 10.2. The van der Waals surface area contributed by atoms with E-state index in [1.807, 2.05) is 6.08 Å². The Labute approximate surface area is 92.8 Å². The van der Waals surface area contributed by atoms with E-state index in [1.165, 1.54) is 11.3 Å². The predicted octanol–water partition coefficient (Wildman–Crippen LogP) is 2.71. The van der Waals surface area contributed by atoms with E-state index in [4.69, 9.17) is 0 Å². The van der Waals surface area contributed by atoms with E-state index in [0.717, 1.165) is 11.3 Å². The van der Waals surface area contributed by atoms with Crippen LogP contribution in [-0.4, -0.2) is 11.0 Å². The zero-order valence-corrected chi connectivity index (χ0v) is 9.42. The molecule has 1 aromatic heterocycles. The molecule has 0 radical (unpaired) electrons. The molecule has 1 heterocycles. The summed E-state index contributed by atoms with van der Waals surface area (Å²) in [6.07, 6.45) is 2.75. The molecule has 15 heavy (non-hydrogen) atoms. The molecular weight excluding hydrogens is 212 g/mol. The van der Waals surface area contributed by atoms with Gasteiger partial charge in [0, 0.05) is 23.5 Å². The van der Waals surface area contributed by atoms with E-state index in [0.29, 0.717) is 12.6 Å². The molecule has 5 heteroatoms. The summed E-state index contributed by atoms with van der Waals surface area (Å²) in [6.45, 7) is 6.39. The van der Waals surface area contributed by atoms with Crippen LogP contribution in [0.2, 0.25) is 0 Å². The van der Waals surface area contributed by atoms with Crippen molar-refractivity contribution in [2.75, 3.05) is 0 Å². The van der Waals surface area contributed by atoms with Crippen molar-refractivity contribution in [3.63, 3.8) is 0 Å². The third-order valence-electron chi connectivity index (χ3n) is 1.97. The van der Waals surface area contributed by atoms with Crippen molar-refractivity contribution < 1.29 is 4.92 Å². The van der Waals surface area contributed by atoms with Gasteiger partial charge in [-0.1, -0.05) is 17.4 Å². The molecule has 1 unspecified atom stereocenters. The molecule has 0 aromatic carbocycles. The summed E-state index contributed by atoms with van der Waals surface area (Å²) in [4.78, 5) is 11.1. The fourth-order valence-electron chi connectivity index (χ4n) is 1.17. The number of hydrogen-bond donors (Lipinski definition) is 1. The standard InChI is InChI=1S/C10H14N2O2S/c1-3-4-8(2)11-7-9-5-6-10(15-9)12(13)14/h3,5-6,8,11H,1,4,7H2,2H3. The Kier molecular flexibility index (Phi) is 4.45. The van der Waals surface area contributed by atoms with Gasteiger partial charge in [0.05, 0.1) is 4.92 Å². The minimum atomic E-state index is -0.360. The molecule has 1 atom stereocenters. The van der Waals surface area contributed by atoms with Gasteiger partial charge in [-0.25, -0.2) is 0 Å². The number of rotatable bonds is 6. The molecule has 0 fully saturated rings. The molecule has 4 nitrogen and oxygen atoms in total. The Morgan fingerprint density at radius 1 is 1.73 bits per heavy atom. The van der Waals surface area contributed by atoms with Gasteiger partial charge in [-0.05, 0) is 19.4 Å². The Morgan fingerprint density at radius 3 is 3.00 bits per heavy atom. The second kappa shape index (κ2) is 5.63. The summed E-state index contributed by atoms with van der Waals surface area (Å²) in [5.74, 6) is 0. The summed E-state index contributed by atoms with van der Waals surface area (Å²) in [7, 11) is 0. The molecule has 0 aliphatic carbocycles. The molecule has 0 saturated heterocycles. The monoisotopic (exact) mass is 226 g/mol. The number of nitrogens with zero attached hydrogens (tertiary/aromatic N) is 1. The average molecular weight is 226 g/mol. The zero-order chi connectivity index (χ0) is 11.3.